The average molecular weight is 265 g/mol. The fraction of sp³-hybridized carbons (Fsp3) is 0.500. The van der Waals surface area contributed by atoms with Gasteiger partial charge in [-0.3, -0.25) is 4.79 Å². The number of benzene rings is 1. The summed E-state index contributed by atoms with van der Waals surface area (Å²) >= 11 is 0. The van der Waals surface area contributed by atoms with E-state index in [0.717, 1.165) is 24.4 Å². The number of nitrogens with zero attached hydrogens (tertiary/aromatic N) is 1. The van der Waals surface area contributed by atoms with Crippen LogP contribution in [0.3, 0.4) is 0 Å². The Kier molecular flexibility index (Phi) is 6.15. The van der Waals surface area contributed by atoms with Crippen molar-refractivity contribution in [2.24, 2.45) is 17.4 Å². The van der Waals surface area contributed by atoms with Crippen LogP contribution in [0.4, 0.5) is 5.69 Å². The third-order valence-electron chi connectivity index (χ3n) is 3.03. The molecule has 0 aromatic heterocycles. The molecule has 1 amide bonds. The number of anilines is 1. The summed E-state index contributed by atoms with van der Waals surface area (Å²) in [6.07, 6.45) is 0.864. The highest BCUT2D eigenvalue weighted by atomic mass is 16.5. The highest BCUT2D eigenvalue weighted by molar-refractivity contribution is 5.77. The molecule has 0 saturated heterocycles. The summed E-state index contributed by atoms with van der Waals surface area (Å²) in [6, 6.07) is 7.76. The van der Waals surface area contributed by atoms with Crippen LogP contribution >= 0.6 is 0 Å². The smallest absolute Gasteiger partial charge is 0.222 e. The van der Waals surface area contributed by atoms with Gasteiger partial charge < -0.3 is 21.1 Å². The van der Waals surface area contributed by atoms with Gasteiger partial charge in [-0.2, -0.15) is 0 Å². The summed E-state index contributed by atoms with van der Waals surface area (Å²) in [4.78, 5) is 13.3. The van der Waals surface area contributed by atoms with Gasteiger partial charge in [0.15, 0.2) is 0 Å². The number of hydrogen-bond acceptors (Lipinski definition) is 4. The predicted molar refractivity (Wildman–Crippen MR) is 77.2 cm³/mol. The molecule has 106 valence electrons. The van der Waals surface area contributed by atoms with Crippen LogP contribution in [0, 0.1) is 5.92 Å². The van der Waals surface area contributed by atoms with E-state index in [9.17, 15) is 4.79 Å². The van der Waals surface area contributed by atoms with Crippen molar-refractivity contribution in [2.45, 2.75) is 13.3 Å². The van der Waals surface area contributed by atoms with Crippen molar-refractivity contribution < 1.29 is 9.53 Å². The summed E-state index contributed by atoms with van der Waals surface area (Å²) in [5.41, 5.74) is 11.9. The average Bonchev–Trinajstić information content (AvgIpc) is 2.43. The van der Waals surface area contributed by atoms with Gasteiger partial charge >= 0.3 is 0 Å². The summed E-state index contributed by atoms with van der Waals surface area (Å²) in [6.45, 7) is 3.83. The van der Waals surface area contributed by atoms with E-state index in [1.807, 2.05) is 31.2 Å². The molecular weight excluding hydrogens is 242 g/mol. The molecule has 1 unspecified atom stereocenters. The molecule has 1 aromatic rings. The molecule has 1 atom stereocenters. The first-order valence-electron chi connectivity index (χ1n) is 6.47. The molecule has 0 fully saturated rings. The van der Waals surface area contributed by atoms with Gasteiger partial charge in [-0.1, -0.05) is 13.0 Å². The van der Waals surface area contributed by atoms with Gasteiger partial charge in [-0.25, -0.2) is 0 Å². The van der Waals surface area contributed by atoms with Gasteiger partial charge in [0.1, 0.15) is 5.75 Å². The molecule has 1 aromatic carbocycles. The SMILES string of the molecule is COc1cccc(N(CCCN)CC(C)C(N)=O)c1. The normalized spacial score (nSPS) is 11.9. The van der Waals surface area contributed by atoms with Gasteiger partial charge in [-0.15, -0.1) is 0 Å². The lowest BCUT2D eigenvalue weighted by Crippen LogP contribution is -2.36. The van der Waals surface area contributed by atoms with Gasteiger partial charge in [0.05, 0.1) is 13.0 Å². The molecule has 0 spiro atoms. The summed E-state index contributed by atoms with van der Waals surface area (Å²) in [5.74, 6) is 0.298. The Morgan fingerprint density at radius 3 is 2.79 bits per heavy atom. The second-order valence-corrected chi connectivity index (χ2v) is 4.59. The van der Waals surface area contributed by atoms with Crippen LogP contribution in [-0.4, -0.2) is 32.7 Å². The van der Waals surface area contributed by atoms with Crippen LogP contribution in [0.1, 0.15) is 13.3 Å². The first-order chi connectivity index (χ1) is 9.08. The number of hydrogen-bond donors (Lipinski definition) is 2. The Balaban J connectivity index is 2.84. The molecule has 0 radical (unpaired) electrons. The lowest BCUT2D eigenvalue weighted by molar-refractivity contribution is -0.121. The molecule has 0 heterocycles. The minimum atomic E-state index is -0.291. The summed E-state index contributed by atoms with van der Waals surface area (Å²) < 4.78 is 5.22. The fourth-order valence-electron chi connectivity index (χ4n) is 1.84. The van der Waals surface area contributed by atoms with Crippen molar-refractivity contribution in [3.8, 4) is 5.75 Å². The number of methoxy groups -OCH3 is 1. The van der Waals surface area contributed by atoms with Gasteiger partial charge in [0.2, 0.25) is 5.91 Å². The van der Waals surface area contributed by atoms with Crippen LogP contribution in [-0.2, 0) is 4.79 Å². The highest BCUT2D eigenvalue weighted by Crippen LogP contribution is 2.22. The molecule has 1 rings (SSSR count). The lowest BCUT2D eigenvalue weighted by Gasteiger charge is -2.27. The first kappa shape index (κ1) is 15.3. The van der Waals surface area contributed by atoms with Crippen LogP contribution in [0.25, 0.3) is 0 Å². The van der Waals surface area contributed by atoms with Crippen molar-refractivity contribution in [1.82, 2.24) is 0 Å². The first-order valence-corrected chi connectivity index (χ1v) is 6.47. The third-order valence-corrected chi connectivity index (χ3v) is 3.03. The van der Waals surface area contributed by atoms with E-state index in [-0.39, 0.29) is 11.8 Å². The van der Waals surface area contributed by atoms with E-state index in [4.69, 9.17) is 16.2 Å². The number of primary amides is 1. The van der Waals surface area contributed by atoms with Crippen molar-refractivity contribution in [1.29, 1.82) is 0 Å². The van der Waals surface area contributed by atoms with Crippen molar-refractivity contribution in [3.05, 3.63) is 24.3 Å². The number of nitrogens with two attached hydrogens (primary N) is 2. The zero-order chi connectivity index (χ0) is 14.3. The number of carbonyl (C=O) groups is 1. The summed E-state index contributed by atoms with van der Waals surface area (Å²) in [5, 5.41) is 0. The molecule has 0 aliphatic rings. The van der Waals surface area contributed by atoms with E-state index < -0.39 is 0 Å². The topological polar surface area (TPSA) is 81.6 Å². The molecule has 0 saturated carbocycles. The Bertz CT molecular complexity index is 409. The Hall–Kier alpha value is -1.75. The maximum atomic E-state index is 11.2. The van der Waals surface area contributed by atoms with Crippen LogP contribution in [0.5, 0.6) is 5.75 Å². The zero-order valence-electron chi connectivity index (χ0n) is 11.6. The van der Waals surface area contributed by atoms with E-state index >= 15 is 0 Å². The standard InChI is InChI=1S/C14H23N3O2/c1-11(14(16)18)10-17(8-4-7-15)12-5-3-6-13(9-12)19-2/h3,5-6,9,11H,4,7-8,10,15H2,1-2H3,(H2,16,18). The Labute approximate surface area is 114 Å². The number of ether oxygens (including phenoxy) is 1. The van der Waals surface area contributed by atoms with E-state index in [1.54, 1.807) is 7.11 Å². The predicted octanol–water partition coefficient (Wildman–Crippen LogP) is 0.972. The summed E-state index contributed by atoms with van der Waals surface area (Å²) in [7, 11) is 1.63. The quantitative estimate of drug-likeness (QED) is 0.734. The largest absolute Gasteiger partial charge is 0.497 e. The molecule has 0 bridgehead atoms. The lowest BCUT2D eigenvalue weighted by atomic mass is 10.1. The van der Waals surface area contributed by atoms with Gasteiger partial charge in [0.25, 0.3) is 0 Å². The zero-order valence-corrected chi connectivity index (χ0v) is 11.6. The fourth-order valence-corrected chi connectivity index (χ4v) is 1.84. The Morgan fingerprint density at radius 2 is 2.21 bits per heavy atom. The van der Waals surface area contributed by atoms with Crippen LogP contribution in [0.2, 0.25) is 0 Å². The molecule has 5 nitrogen and oxygen atoms in total. The molecular formula is C14H23N3O2. The van der Waals surface area contributed by atoms with E-state index in [2.05, 4.69) is 4.90 Å². The molecule has 4 N–H and O–H groups in total. The van der Waals surface area contributed by atoms with Gasteiger partial charge in [-0.05, 0) is 25.1 Å². The number of carbonyl (C=O) groups excluding carboxylic acids is 1. The van der Waals surface area contributed by atoms with Crippen molar-refractivity contribution in [3.63, 3.8) is 0 Å². The molecule has 0 aliphatic carbocycles. The van der Waals surface area contributed by atoms with Gasteiger partial charge in [0, 0.05) is 24.8 Å². The number of amides is 1. The Morgan fingerprint density at radius 1 is 1.47 bits per heavy atom. The monoisotopic (exact) mass is 265 g/mol. The molecule has 0 aliphatic heterocycles. The maximum absolute atomic E-state index is 11.2. The maximum Gasteiger partial charge on any atom is 0.222 e. The second-order valence-electron chi connectivity index (χ2n) is 4.59. The minimum absolute atomic E-state index is 0.205. The van der Waals surface area contributed by atoms with Crippen molar-refractivity contribution in [2.75, 3.05) is 31.6 Å². The number of rotatable bonds is 8. The molecule has 19 heavy (non-hydrogen) atoms. The third kappa shape index (κ3) is 4.79. The highest BCUT2D eigenvalue weighted by Gasteiger charge is 2.15. The molecule has 5 heteroatoms. The van der Waals surface area contributed by atoms with Crippen LogP contribution < -0.4 is 21.1 Å². The van der Waals surface area contributed by atoms with Crippen molar-refractivity contribution >= 4 is 11.6 Å². The van der Waals surface area contributed by atoms with E-state index in [0.29, 0.717) is 13.1 Å². The van der Waals surface area contributed by atoms with Crippen LogP contribution in [0.15, 0.2) is 24.3 Å². The minimum Gasteiger partial charge on any atom is -0.497 e. The second kappa shape index (κ2) is 7.63. The van der Waals surface area contributed by atoms with E-state index in [1.165, 1.54) is 0 Å².